The fourth-order valence-electron chi connectivity index (χ4n) is 1.72. The van der Waals surface area contributed by atoms with Crippen LogP contribution in [0.4, 0.5) is 5.69 Å². The fraction of sp³-hybridized carbons (Fsp3) is 0.0667. The summed E-state index contributed by atoms with van der Waals surface area (Å²) in [4.78, 5) is 0.832. The highest BCUT2D eigenvalue weighted by molar-refractivity contribution is 7.98. The lowest BCUT2D eigenvalue weighted by Gasteiger charge is -2.11. The molecule has 0 atom stereocenters. The molecule has 98 valence electrons. The van der Waals surface area contributed by atoms with Gasteiger partial charge in [0, 0.05) is 10.6 Å². The van der Waals surface area contributed by atoms with Crippen LogP contribution in [0.3, 0.4) is 0 Å². The second-order valence-corrected chi connectivity index (χ2v) is 4.76. The molecule has 0 aromatic heterocycles. The van der Waals surface area contributed by atoms with Crippen molar-refractivity contribution in [3.05, 3.63) is 47.5 Å². The normalized spacial score (nSPS) is 9.55. The van der Waals surface area contributed by atoms with Gasteiger partial charge in [-0.2, -0.15) is 10.5 Å². The number of benzene rings is 2. The third-order valence-corrected chi connectivity index (χ3v) is 3.44. The zero-order valence-electron chi connectivity index (χ0n) is 10.8. The van der Waals surface area contributed by atoms with Crippen molar-refractivity contribution in [2.45, 2.75) is 4.90 Å². The molecule has 0 radical (unpaired) electrons. The first kappa shape index (κ1) is 13.8. The second kappa shape index (κ2) is 6.01. The molecule has 0 fully saturated rings. The zero-order chi connectivity index (χ0) is 14.5. The lowest BCUT2D eigenvalue weighted by molar-refractivity contribution is 0.478. The number of ether oxygens (including phenoxy) is 1. The minimum absolute atomic E-state index is 0.337. The molecule has 0 aliphatic heterocycles. The van der Waals surface area contributed by atoms with Gasteiger partial charge in [-0.25, -0.2) is 0 Å². The fourth-order valence-corrected chi connectivity index (χ4v) is 2.28. The summed E-state index contributed by atoms with van der Waals surface area (Å²) in [6.45, 7) is 0. The Bertz CT molecular complexity index is 729. The standard InChI is InChI=1S/C15H11N3OS/c1-20-15-4-2-3-14(12(15)9-17)19-13-6-5-11(18)7-10(13)8-16/h2-7H,18H2,1H3. The highest BCUT2D eigenvalue weighted by Crippen LogP contribution is 2.33. The molecule has 2 aromatic carbocycles. The summed E-state index contributed by atoms with van der Waals surface area (Å²) >= 11 is 1.47. The maximum atomic E-state index is 9.25. The maximum absolute atomic E-state index is 9.25. The Hall–Kier alpha value is -2.63. The predicted octanol–water partition coefficient (Wildman–Crippen LogP) is 3.53. The van der Waals surface area contributed by atoms with Crippen molar-refractivity contribution in [3.8, 4) is 23.6 Å². The first-order valence-corrected chi connectivity index (χ1v) is 6.96. The van der Waals surface area contributed by atoms with Crippen molar-refractivity contribution < 1.29 is 4.74 Å². The van der Waals surface area contributed by atoms with Gasteiger partial charge in [-0.1, -0.05) is 6.07 Å². The van der Waals surface area contributed by atoms with E-state index >= 15 is 0 Å². The quantitative estimate of drug-likeness (QED) is 0.687. The van der Waals surface area contributed by atoms with Crippen LogP contribution in [0.15, 0.2) is 41.3 Å². The average Bonchev–Trinajstić information content (AvgIpc) is 2.48. The molecule has 20 heavy (non-hydrogen) atoms. The van der Waals surface area contributed by atoms with Crippen molar-refractivity contribution in [1.82, 2.24) is 0 Å². The van der Waals surface area contributed by atoms with Crippen LogP contribution in [-0.4, -0.2) is 6.26 Å². The Balaban J connectivity index is 2.46. The molecular formula is C15H11N3OS. The van der Waals surface area contributed by atoms with Crippen molar-refractivity contribution >= 4 is 17.4 Å². The van der Waals surface area contributed by atoms with Gasteiger partial charge in [-0.15, -0.1) is 11.8 Å². The van der Waals surface area contributed by atoms with E-state index in [1.807, 2.05) is 24.5 Å². The smallest absolute Gasteiger partial charge is 0.146 e. The number of rotatable bonds is 3. The average molecular weight is 281 g/mol. The molecule has 0 saturated heterocycles. The van der Waals surface area contributed by atoms with Gasteiger partial charge in [0.1, 0.15) is 29.2 Å². The molecule has 4 nitrogen and oxygen atoms in total. The van der Waals surface area contributed by atoms with Crippen LogP contribution in [-0.2, 0) is 0 Å². The lowest BCUT2D eigenvalue weighted by atomic mass is 10.2. The number of nitriles is 2. The van der Waals surface area contributed by atoms with E-state index in [9.17, 15) is 5.26 Å². The summed E-state index contributed by atoms with van der Waals surface area (Å²) in [5.41, 5.74) is 6.92. The molecule has 2 rings (SSSR count). The van der Waals surface area contributed by atoms with Gasteiger partial charge in [0.05, 0.1) is 5.56 Å². The highest BCUT2D eigenvalue weighted by atomic mass is 32.2. The van der Waals surface area contributed by atoms with Gasteiger partial charge in [0.15, 0.2) is 0 Å². The minimum Gasteiger partial charge on any atom is -0.455 e. The number of thioether (sulfide) groups is 1. The van der Waals surface area contributed by atoms with Gasteiger partial charge in [-0.3, -0.25) is 0 Å². The summed E-state index contributed by atoms with van der Waals surface area (Å²) in [5.74, 6) is 0.817. The molecule has 0 saturated carbocycles. The molecular weight excluding hydrogens is 270 g/mol. The molecule has 0 bridgehead atoms. The molecule has 0 aliphatic carbocycles. The number of hydrogen-bond donors (Lipinski definition) is 1. The van der Waals surface area contributed by atoms with Crippen LogP contribution in [0.5, 0.6) is 11.5 Å². The molecule has 0 unspecified atom stereocenters. The SMILES string of the molecule is CSc1cccc(Oc2ccc(N)cc2C#N)c1C#N. The monoisotopic (exact) mass is 281 g/mol. The van der Waals surface area contributed by atoms with E-state index in [4.69, 9.17) is 15.7 Å². The topological polar surface area (TPSA) is 82.8 Å². The first-order valence-electron chi connectivity index (χ1n) is 5.74. The Kier molecular flexibility index (Phi) is 4.14. The number of nitrogens with two attached hydrogens (primary N) is 1. The second-order valence-electron chi connectivity index (χ2n) is 3.91. The van der Waals surface area contributed by atoms with E-state index in [-0.39, 0.29) is 0 Å². The van der Waals surface area contributed by atoms with E-state index in [1.165, 1.54) is 11.8 Å². The van der Waals surface area contributed by atoms with E-state index < -0.39 is 0 Å². The largest absolute Gasteiger partial charge is 0.455 e. The van der Waals surface area contributed by atoms with E-state index in [0.29, 0.717) is 28.3 Å². The molecule has 0 heterocycles. The summed E-state index contributed by atoms with van der Waals surface area (Å²) < 4.78 is 5.71. The number of nitrogen functional groups attached to an aromatic ring is 1. The van der Waals surface area contributed by atoms with Crippen LogP contribution >= 0.6 is 11.8 Å². The highest BCUT2D eigenvalue weighted by Gasteiger charge is 2.11. The summed E-state index contributed by atoms with van der Waals surface area (Å²) in [7, 11) is 0. The molecule has 2 N–H and O–H groups in total. The first-order chi connectivity index (χ1) is 9.69. The van der Waals surface area contributed by atoms with Gasteiger partial charge in [0.25, 0.3) is 0 Å². The minimum atomic E-state index is 0.337. The third kappa shape index (κ3) is 2.69. The lowest BCUT2D eigenvalue weighted by Crippen LogP contribution is -1.94. The van der Waals surface area contributed by atoms with Crippen molar-refractivity contribution in [2.24, 2.45) is 0 Å². The summed E-state index contributed by atoms with van der Waals surface area (Å²) in [6.07, 6.45) is 1.89. The third-order valence-electron chi connectivity index (χ3n) is 2.66. The Morgan fingerprint density at radius 3 is 2.55 bits per heavy atom. The van der Waals surface area contributed by atoms with Crippen LogP contribution in [0, 0.1) is 22.7 Å². The van der Waals surface area contributed by atoms with Crippen LogP contribution in [0.1, 0.15) is 11.1 Å². The van der Waals surface area contributed by atoms with Crippen molar-refractivity contribution in [2.75, 3.05) is 12.0 Å². The van der Waals surface area contributed by atoms with Crippen molar-refractivity contribution in [1.29, 1.82) is 10.5 Å². The predicted molar refractivity (Wildman–Crippen MR) is 78.6 cm³/mol. The molecule has 0 amide bonds. The Morgan fingerprint density at radius 1 is 1.10 bits per heavy atom. The van der Waals surface area contributed by atoms with Gasteiger partial charge in [-0.05, 0) is 36.6 Å². The Labute approximate surface area is 121 Å². The number of hydrogen-bond acceptors (Lipinski definition) is 5. The maximum Gasteiger partial charge on any atom is 0.146 e. The molecule has 0 aliphatic rings. The Morgan fingerprint density at radius 2 is 1.90 bits per heavy atom. The van der Waals surface area contributed by atoms with Crippen LogP contribution in [0.2, 0.25) is 0 Å². The van der Waals surface area contributed by atoms with E-state index in [0.717, 1.165) is 4.90 Å². The van der Waals surface area contributed by atoms with Gasteiger partial charge in [0.2, 0.25) is 0 Å². The van der Waals surface area contributed by atoms with Gasteiger partial charge >= 0.3 is 0 Å². The number of nitrogens with zero attached hydrogens (tertiary/aromatic N) is 2. The van der Waals surface area contributed by atoms with E-state index in [1.54, 1.807) is 24.3 Å². The van der Waals surface area contributed by atoms with Crippen LogP contribution in [0.25, 0.3) is 0 Å². The molecule has 0 spiro atoms. The number of anilines is 1. The van der Waals surface area contributed by atoms with E-state index in [2.05, 4.69) is 6.07 Å². The molecule has 2 aromatic rings. The summed E-state index contributed by atoms with van der Waals surface area (Å²) in [5, 5.41) is 18.3. The zero-order valence-corrected chi connectivity index (χ0v) is 11.6. The molecule has 5 heteroatoms. The van der Waals surface area contributed by atoms with Crippen molar-refractivity contribution in [3.63, 3.8) is 0 Å². The van der Waals surface area contributed by atoms with Gasteiger partial charge < -0.3 is 10.5 Å². The summed E-state index contributed by atoms with van der Waals surface area (Å²) in [6, 6.07) is 14.3. The van der Waals surface area contributed by atoms with Crippen LogP contribution < -0.4 is 10.5 Å².